The van der Waals surface area contributed by atoms with Gasteiger partial charge in [0.15, 0.2) is 5.54 Å². The van der Waals surface area contributed by atoms with Crippen LogP contribution >= 0.6 is 0 Å². The fraction of sp³-hybridized carbons (Fsp3) is 0.917. The van der Waals surface area contributed by atoms with E-state index < -0.39 is 17.6 Å². The molecule has 0 rings (SSSR count). The molecule has 0 aromatic heterocycles. The minimum atomic E-state index is -1.56. The molecule has 6 heteroatoms. The molecule has 0 amide bonds. The molecule has 0 spiro atoms. The molecular formula is C12H23N3O3. The zero-order valence-corrected chi connectivity index (χ0v) is 11.5. The number of aliphatic carboxylic acids is 1. The standard InChI is InChI=1S/C12H23N3O3/c1-8(2)5-6-10(16)7-12(9(3)4,11(17)18)14-15-13/h8-10,16H,5-7H2,1-4H3,(H,17,18). The maximum absolute atomic E-state index is 11.4. The summed E-state index contributed by atoms with van der Waals surface area (Å²) in [5.41, 5.74) is 6.98. The molecule has 0 aromatic carbocycles. The zero-order chi connectivity index (χ0) is 14.3. The second-order valence-corrected chi connectivity index (χ2v) is 5.40. The van der Waals surface area contributed by atoms with Gasteiger partial charge in [-0.15, -0.1) is 0 Å². The van der Waals surface area contributed by atoms with Gasteiger partial charge in [-0.3, -0.25) is 4.79 Å². The first kappa shape index (κ1) is 16.7. The molecule has 0 bridgehead atoms. The Hall–Kier alpha value is -1.26. The summed E-state index contributed by atoms with van der Waals surface area (Å²) in [5, 5.41) is 22.6. The highest BCUT2D eigenvalue weighted by Crippen LogP contribution is 2.30. The average Bonchev–Trinajstić information content (AvgIpc) is 2.24. The highest BCUT2D eigenvalue weighted by Gasteiger charge is 2.42. The smallest absolute Gasteiger partial charge is 0.315 e. The maximum atomic E-state index is 11.4. The van der Waals surface area contributed by atoms with E-state index in [4.69, 9.17) is 5.53 Å². The number of nitrogens with zero attached hydrogens (tertiary/aromatic N) is 3. The molecule has 104 valence electrons. The summed E-state index contributed by atoms with van der Waals surface area (Å²) < 4.78 is 0. The SMILES string of the molecule is CC(C)CCC(O)CC(N=[N+]=[N-])(C(=O)O)C(C)C. The molecule has 18 heavy (non-hydrogen) atoms. The van der Waals surface area contributed by atoms with Crippen LogP contribution in [-0.4, -0.2) is 27.8 Å². The van der Waals surface area contributed by atoms with Crippen molar-refractivity contribution in [3.8, 4) is 0 Å². The minimum Gasteiger partial charge on any atom is -0.481 e. The molecule has 0 aliphatic rings. The Morgan fingerprint density at radius 3 is 2.22 bits per heavy atom. The van der Waals surface area contributed by atoms with Gasteiger partial charge in [-0.1, -0.05) is 32.8 Å². The van der Waals surface area contributed by atoms with E-state index in [1.807, 2.05) is 13.8 Å². The van der Waals surface area contributed by atoms with Gasteiger partial charge in [-0.05, 0) is 36.6 Å². The van der Waals surface area contributed by atoms with E-state index in [0.717, 1.165) is 6.42 Å². The zero-order valence-electron chi connectivity index (χ0n) is 11.5. The van der Waals surface area contributed by atoms with Crippen molar-refractivity contribution in [3.63, 3.8) is 0 Å². The van der Waals surface area contributed by atoms with E-state index in [9.17, 15) is 15.0 Å². The van der Waals surface area contributed by atoms with Gasteiger partial charge in [0.2, 0.25) is 0 Å². The van der Waals surface area contributed by atoms with Crippen molar-refractivity contribution in [2.24, 2.45) is 17.0 Å². The number of carbonyl (C=O) groups is 1. The Morgan fingerprint density at radius 1 is 1.33 bits per heavy atom. The van der Waals surface area contributed by atoms with Crippen LogP contribution < -0.4 is 0 Å². The molecule has 0 heterocycles. The van der Waals surface area contributed by atoms with Crippen LogP contribution in [0.2, 0.25) is 0 Å². The number of aliphatic hydroxyl groups is 1. The van der Waals surface area contributed by atoms with Crippen LogP contribution in [-0.2, 0) is 4.79 Å². The summed E-state index contributed by atoms with van der Waals surface area (Å²) in [6.07, 6.45) is 0.513. The molecule has 6 nitrogen and oxygen atoms in total. The lowest BCUT2D eigenvalue weighted by Gasteiger charge is -2.30. The number of azide groups is 1. The minimum absolute atomic E-state index is 0.0449. The van der Waals surface area contributed by atoms with Crippen molar-refractivity contribution in [1.29, 1.82) is 0 Å². The molecule has 0 saturated heterocycles. The predicted octanol–water partition coefficient (Wildman–Crippen LogP) is 2.96. The van der Waals surface area contributed by atoms with Crippen LogP contribution in [0.15, 0.2) is 5.11 Å². The quantitative estimate of drug-likeness (QED) is 0.396. The highest BCUT2D eigenvalue weighted by molar-refractivity contribution is 5.79. The summed E-state index contributed by atoms with van der Waals surface area (Å²) in [6, 6.07) is 0. The Bertz CT molecular complexity index is 321. The van der Waals surface area contributed by atoms with Crippen molar-refractivity contribution in [3.05, 3.63) is 10.4 Å². The molecule has 0 radical (unpaired) electrons. The van der Waals surface area contributed by atoms with Crippen LogP contribution in [0.5, 0.6) is 0 Å². The van der Waals surface area contributed by atoms with Crippen molar-refractivity contribution >= 4 is 5.97 Å². The Balaban J connectivity index is 4.89. The van der Waals surface area contributed by atoms with Gasteiger partial charge < -0.3 is 10.2 Å². The number of carboxylic acid groups (broad SMARTS) is 1. The third-order valence-electron chi connectivity index (χ3n) is 3.17. The van der Waals surface area contributed by atoms with Crippen molar-refractivity contribution < 1.29 is 15.0 Å². The maximum Gasteiger partial charge on any atom is 0.315 e. The molecule has 0 fully saturated rings. The summed E-state index contributed by atoms with van der Waals surface area (Å²) in [6.45, 7) is 7.43. The summed E-state index contributed by atoms with van der Waals surface area (Å²) in [7, 11) is 0. The summed E-state index contributed by atoms with van der Waals surface area (Å²) in [5.74, 6) is -1.11. The Morgan fingerprint density at radius 2 is 1.89 bits per heavy atom. The van der Waals surface area contributed by atoms with Crippen LogP contribution in [0.4, 0.5) is 0 Å². The highest BCUT2D eigenvalue weighted by atomic mass is 16.4. The number of hydrogen-bond donors (Lipinski definition) is 2. The van der Waals surface area contributed by atoms with Gasteiger partial charge in [0.05, 0.1) is 6.10 Å². The monoisotopic (exact) mass is 257 g/mol. The van der Waals surface area contributed by atoms with Crippen molar-refractivity contribution in [1.82, 2.24) is 0 Å². The number of hydrogen-bond acceptors (Lipinski definition) is 3. The van der Waals surface area contributed by atoms with E-state index in [-0.39, 0.29) is 12.3 Å². The topological polar surface area (TPSA) is 106 Å². The molecule has 0 aliphatic heterocycles. The lowest BCUT2D eigenvalue weighted by Crippen LogP contribution is -2.44. The van der Waals surface area contributed by atoms with Gasteiger partial charge in [0, 0.05) is 4.91 Å². The normalized spacial score (nSPS) is 16.2. The van der Waals surface area contributed by atoms with E-state index in [1.54, 1.807) is 13.8 Å². The summed E-state index contributed by atoms with van der Waals surface area (Å²) >= 11 is 0. The number of rotatable bonds is 8. The second-order valence-electron chi connectivity index (χ2n) is 5.40. The van der Waals surface area contributed by atoms with Gasteiger partial charge in [0.25, 0.3) is 0 Å². The third-order valence-corrected chi connectivity index (χ3v) is 3.17. The first-order valence-corrected chi connectivity index (χ1v) is 6.24. The molecule has 2 atom stereocenters. The van der Waals surface area contributed by atoms with Crippen molar-refractivity contribution in [2.45, 2.75) is 58.6 Å². The van der Waals surface area contributed by atoms with Gasteiger partial charge in [0.1, 0.15) is 0 Å². The van der Waals surface area contributed by atoms with E-state index in [2.05, 4.69) is 10.0 Å². The van der Waals surface area contributed by atoms with E-state index >= 15 is 0 Å². The lowest BCUT2D eigenvalue weighted by molar-refractivity contribution is -0.146. The van der Waals surface area contributed by atoms with Crippen LogP contribution in [0.25, 0.3) is 10.4 Å². The first-order valence-electron chi connectivity index (χ1n) is 6.24. The largest absolute Gasteiger partial charge is 0.481 e. The van der Waals surface area contributed by atoms with Crippen LogP contribution in [0.3, 0.4) is 0 Å². The van der Waals surface area contributed by atoms with Gasteiger partial charge in [-0.25, -0.2) is 0 Å². The van der Waals surface area contributed by atoms with Crippen LogP contribution in [0.1, 0.15) is 47.0 Å². The van der Waals surface area contributed by atoms with Gasteiger partial charge >= 0.3 is 5.97 Å². The average molecular weight is 257 g/mol. The molecule has 2 unspecified atom stereocenters. The van der Waals surface area contributed by atoms with E-state index in [0.29, 0.717) is 12.3 Å². The van der Waals surface area contributed by atoms with E-state index in [1.165, 1.54) is 0 Å². The fourth-order valence-electron chi connectivity index (χ4n) is 1.84. The number of aliphatic hydroxyl groups excluding tert-OH is 1. The Kier molecular flexibility index (Phi) is 6.73. The fourth-order valence-corrected chi connectivity index (χ4v) is 1.84. The lowest BCUT2D eigenvalue weighted by atomic mass is 9.81. The molecule has 0 saturated carbocycles. The van der Waals surface area contributed by atoms with Crippen molar-refractivity contribution in [2.75, 3.05) is 0 Å². The van der Waals surface area contributed by atoms with Crippen LogP contribution in [0, 0.1) is 11.8 Å². The third kappa shape index (κ3) is 4.55. The van der Waals surface area contributed by atoms with Gasteiger partial charge in [-0.2, -0.15) is 0 Å². The predicted molar refractivity (Wildman–Crippen MR) is 69.0 cm³/mol. The second kappa shape index (κ2) is 7.24. The summed E-state index contributed by atoms with van der Waals surface area (Å²) in [4.78, 5) is 14.0. The number of carboxylic acids is 1. The molecule has 0 aromatic rings. The molecule has 2 N–H and O–H groups in total. The first-order chi connectivity index (χ1) is 8.26. The Labute approximate surface area is 108 Å². The molecule has 0 aliphatic carbocycles. The molecular weight excluding hydrogens is 234 g/mol.